The molecule has 0 bridgehead atoms. The molecule has 0 spiro atoms. The van der Waals surface area contributed by atoms with Crippen LogP contribution in [-0.4, -0.2) is 19.3 Å². The molecule has 0 aliphatic heterocycles. The molecule has 1 aromatic rings. The minimum atomic E-state index is -3.37. The van der Waals surface area contributed by atoms with Crippen LogP contribution in [0.15, 0.2) is 24.3 Å². The first-order valence-corrected chi connectivity index (χ1v) is 7.78. The molecule has 0 saturated carbocycles. The van der Waals surface area contributed by atoms with Gasteiger partial charge in [-0.05, 0) is 52.0 Å². The maximum absolute atomic E-state index is 12.6. The zero-order valence-electron chi connectivity index (χ0n) is 12.0. The quantitative estimate of drug-likeness (QED) is 0.766. The summed E-state index contributed by atoms with van der Waals surface area (Å²) in [6.45, 7) is 7.25. The first-order chi connectivity index (χ1) is 8.84. The van der Waals surface area contributed by atoms with E-state index in [1.807, 2.05) is 27.7 Å². The molecule has 5 nitrogen and oxygen atoms in total. The molecule has 0 aliphatic carbocycles. The summed E-state index contributed by atoms with van der Waals surface area (Å²) in [6.07, 6.45) is -0.398. The van der Waals surface area contributed by atoms with Crippen molar-refractivity contribution in [3.8, 4) is 5.75 Å². The summed E-state index contributed by atoms with van der Waals surface area (Å²) >= 11 is 0. The summed E-state index contributed by atoms with van der Waals surface area (Å²) in [5, 5.41) is 2.82. The standard InChI is InChI=1S/C13H22NO4P/c1-10(2)17-19(15,18-11(3)4)14-12-6-8-13(16-5)9-7-12/h6-11H,1-5H3,(H,14,15). The molecule has 0 amide bonds. The van der Waals surface area contributed by atoms with Gasteiger partial charge in [0, 0.05) is 5.69 Å². The number of hydrogen-bond donors (Lipinski definition) is 1. The fraction of sp³-hybridized carbons (Fsp3) is 0.538. The minimum Gasteiger partial charge on any atom is -0.497 e. The van der Waals surface area contributed by atoms with Gasteiger partial charge in [0.1, 0.15) is 5.75 Å². The Morgan fingerprint density at radius 1 is 1.00 bits per heavy atom. The first-order valence-electron chi connectivity index (χ1n) is 6.24. The highest BCUT2D eigenvalue weighted by atomic mass is 31.2. The first kappa shape index (κ1) is 16.0. The topological polar surface area (TPSA) is 56.8 Å². The zero-order valence-corrected chi connectivity index (χ0v) is 12.9. The molecule has 19 heavy (non-hydrogen) atoms. The molecular weight excluding hydrogens is 265 g/mol. The largest absolute Gasteiger partial charge is 0.497 e. The van der Waals surface area contributed by atoms with Gasteiger partial charge in [-0.3, -0.25) is 14.1 Å². The molecule has 0 radical (unpaired) electrons. The van der Waals surface area contributed by atoms with Gasteiger partial charge in [-0.1, -0.05) is 0 Å². The van der Waals surface area contributed by atoms with E-state index in [0.29, 0.717) is 5.69 Å². The molecule has 1 rings (SSSR count). The van der Waals surface area contributed by atoms with Crippen molar-refractivity contribution in [1.82, 2.24) is 0 Å². The Morgan fingerprint density at radius 3 is 1.84 bits per heavy atom. The van der Waals surface area contributed by atoms with E-state index in [2.05, 4.69) is 5.09 Å². The van der Waals surface area contributed by atoms with E-state index in [0.717, 1.165) is 5.75 Å². The van der Waals surface area contributed by atoms with Crippen molar-refractivity contribution < 1.29 is 18.3 Å². The van der Waals surface area contributed by atoms with Gasteiger partial charge in [-0.25, -0.2) is 4.57 Å². The number of nitrogens with one attached hydrogen (secondary N) is 1. The summed E-state index contributed by atoms with van der Waals surface area (Å²) in [4.78, 5) is 0. The Kier molecular flexibility index (Phi) is 5.85. The zero-order chi connectivity index (χ0) is 14.5. The Hall–Kier alpha value is -1.03. The van der Waals surface area contributed by atoms with Crippen LogP contribution in [-0.2, 0) is 13.6 Å². The van der Waals surface area contributed by atoms with Crippen LogP contribution in [0.4, 0.5) is 5.69 Å². The molecule has 1 N–H and O–H groups in total. The van der Waals surface area contributed by atoms with Gasteiger partial charge >= 0.3 is 7.75 Å². The second kappa shape index (κ2) is 6.94. The Balaban J connectivity index is 2.83. The van der Waals surface area contributed by atoms with Crippen molar-refractivity contribution in [2.75, 3.05) is 12.2 Å². The van der Waals surface area contributed by atoms with Crippen molar-refractivity contribution >= 4 is 13.4 Å². The average molecular weight is 287 g/mol. The monoisotopic (exact) mass is 287 g/mol. The van der Waals surface area contributed by atoms with Gasteiger partial charge in [0.15, 0.2) is 0 Å². The van der Waals surface area contributed by atoms with Gasteiger partial charge in [0.2, 0.25) is 0 Å². The SMILES string of the molecule is COc1ccc(NP(=O)(OC(C)C)OC(C)C)cc1. The molecule has 0 heterocycles. The molecule has 1 aromatic carbocycles. The van der Waals surface area contributed by atoms with E-state index < -0.39 is 7.75 Å². The van der Waals surface area contributed by atoms with Crippen molar-refractivity contribution in [2.24, 2.45) is 0 Å². The maximum Gasteiger partial charge on any atom is 0.433 e. The lowest BCUT2D eigenvalue weighted by Crippen LogP contribution is -2.13. The Labute approximate surface area is 114 Å². The van der Waals surface area contributed by atoms with Gasteiger partial charge in [-0.15, -0.1) is 0 Å². The molecule has 0 atom stereocenters. The van der Waals surface area contributed by atoms with E-state index >= 15 is 0 Å². The normalized spacial score (nSPS) is 11.9. The van der Waals surface area contributed by atoms with Crippen LogP contribution in [0.5, 0.6) is 5.75 Å². The molecule has 108 valence electrons. The van der Waals surface area contributed by atoms with Crippen molar-refractivity contribution in [2.45, 2.75) is 39.9 Å². The number of anilines is 1. The summed E-state index contributed by atoms with van der Waals surface area (Å²) in [7, 11) is -1.77. The van der Waals surface area contributed by atoms with Gasteiger partial charge in [0.25, 0.3) is 0 Å². The van der Waals surface area contributed by atoms with Gasteiger partial charge < -0.3 is 4.74 Å². The fourth-order valence-electron chi connectivity index (χ4n) is 1.46. The van der Waals surface area contributed by atoms with Crippen LogP contribution in [0.2, 0.25) is 0 Å². The van der Waals surface area contributed by atoms with Crippen LogP contribution in [0, 0.1) is 0 Å². The van der Waals surface area contributed by atoms with Crippen LogP contribution >= 0.6 is 7.75 Å². The second-order valence-corrected chi connectivity index (χ2v) is 6.29. The van der Waals surface area contributed by atoms with Crippen molar-refractivity contribution in [3.05, 3.63) is 24.3 Å². The Bertz CT molecular complexity index is 417. The predicted molar refractivity (Wildman–Crippen MR) is 76.7 cm³/mol. The average Bonchev–Trinajstić information content (AvgIpc) is 2.27. The maximum atomic E-state index is 12.6. The highest BCUT2D eigenvalue weighted by Gasteiger charge is 2.27. The second-order valence-electron chi connectivity index (χ2n) is 4.65. The lowest BCUT2D eigenvalue weighted by Gasteiger charge is -2.23. The number of benzene rings is 1. The van der Waals surface area contributed by atoms with Gasteiger partial charge in [-0.2, -0.15) is 0 Å². The van der Waals surface area contributed by atoms with Gasteiger partial charge in [0.05, 0.1) is 19.3 Å². The minimum absolute atomic E-state index is 0.199. The molecule has 0 unspecified atom stereocenters. The lowest BCUT2D eigenvalue weighted by atomic mass is 10.3. The van der Waals surface area contributed by atoms with Crippen LogP contribution in [0.25, 0.3) is 0 Å². The summed E-state index contributed by atoms with van der Waals surface area (Å²) in [5.74, 6) is 0.731. The number of hydrogen-bond acceptors (Lipinski definition) is 4. The molecule has 6 heteroatoms. The number of ether oxygens (including phenoxy) is 1. The molecule has 0 fully saturated rings. The van der Waals surface area contributed by atoms with E-state index in [1.165, 1.54) is 0 Å². The molecule has 0 aromatic heterocycles. The third kappa shape index (κ3) is 5.64. The number of methoxy groups -OCH3 is 1. The van der Waals surface area contributed by atoms with Crippen molar-refractivity contribution in [1.29, 1.82) is 0 Å². The van der Waals surface area contributed by atoms with E-state index in [9.17, 15) is 4.57 Å². The van der Waals surface area contributed by atoms with Crippen molar-refractivity contribution in [3.63, 3.8) is 0 Å². The predicted octanol–water partition coefficient (Wildman–Crippen LogP) is 4.07. The smallest absolute Gasteiger partial charge is 0.433 e. The highest BCUT2D eigenvalue weighted by molar-refractivity contribution is 7.55. The fourth-order valence-corrected chi connectivity index (χ4v) is 3.19. The highest BCUT2D eigenvalue weighted by Crippen LogP contribution is 2.50. The Morgan fingerprint density at radius 2 is 1.47 bits per heavy atom. The summed E-state index contributed by atoms with van der Waals surface area (Å²) < 4.78 is 28.4. The van der Waals surface area contributed by atoms with E-state index in [4.69, 9.17) is 13.8 Å². The van der Waals surface area contributed by atoms with Crippen LogP contribution in [0.1, 0.15) is 27.7 Å². The lowest BCUT2D eigenvalue weighted by molar-refractivity contribution is 0.146. The number of rotatable bonds is 7. The molecule has 0 aliphatic rings. The third-order valence-corrected chi connectivity index (χ3v) is 3.99. The van der Waals surface area contributed by atoms with E-state index in [-0.39, 0.29) is 12.2 Å². The van der Waals surface area contributed by atoms with Crippen LogP contribution < -0.4 is 9.82 Å². The molecule has 0 saturated heterocycles. The molecular formula is C13H22NO4P. The van der Waals surface area contributed by atoms with Crippen LogP contribution in [0.3, 0.4) is 0 Å². The van der Waals surface area contributed by atoms with E-state index in [1.54, 1.807) is 31.4 Å². The summed E-state index contributed by atoms with van der Waals surface area (Å²) in [5.41, 5.74) is 0.658. The summed E-state index contributed by atoms with van der Waals surface area (Å²) in [6, 6.07) is 7.08. The third-order valence-electron chi connectivity index (χ3n) is 2.06.